The van der Waals surface area contributed by atoms with Crippen LogP contribution in [0.1, 0.15) is 38.8 Å². The molecule has 1 fully saturated rings. The monoisotopic (exact) mass is 279 g/mol. The average molecular weight is 279 g/mol. The van der Waals surface area contributed by atoms with E-state index in [-0.39, 0.29) is 5.97 Å². The van der Waals surface area contributed by atoms with E-state index in [1.165, 1.54) is 0 Å². The lowest BCUT2D eigenvalue weighted by Crippen LogP contribution is -2.58. The Morgan fingerprint density at radius 2 is 2.30 bits per heavy atom. The second kappa shape index (κ2) is 6.39. The number of nitrogens with zero attached hydrogens (tertiary/aromatic N) is 2. The van der Waals surface area contributed by atoms with Crippen LogP contribution >= 0.6 is 0 Å². The lowest BCUT2D eigenvalue weighted by Gasteiger charge is -2.33. The van der Waals surface area contributed by atoms with Crippen molar-refractivity contribution in [3.63, 3.8) is 0 Å². The topological polar surface area (TPSA) is 56.2 Å². The summed E-state index contributed by atoms with van der Waals surface area (Å²) in [6.45, 7) is 7.75. The zero-order valence-corrected chi connectivity index (χ0v) is 12.7. The summed E-state index contributed by atoms with van der Waals surface area (Å²) in [6.07, 6.45) is 4.93. The van der Waals surface area contributed by atoms with E-state index < -0.39 is 5.54 Å². The van der Waals surface area contributed by atoms with Gasteiger partial charge in [0.15, 0.2) is 0 Å². The summed E-state index contributed by atoms with van der Waals surface area (Å²) in [5, 5.41) is 7.79. The van der Waals surface area contributed by atoms with Crippen LogP contribution in [0.25, 0.3) is 0 Å². The molecule has 1 saturated carbocycles. The number of rotatable bonds is 8. The molecule has 1 aliphatic carbocycles. The smallest absolute Gasteiger partial charge is 0.328 e. The normalized spacial score (nSPS) is 17.8. The average Bonchev–Trinajstić information content (AvgIpc) is 3.20. The fourth-order valence-corrected chi connectivity index (χ4v) is 2.62. The van der Waals surface area contributed by atoms with Crippen molar-refractivity contribution in [3.8, 4) is 0 Å². The highest BCUT2D eigenvalue weighted by Crippen LogP contribution is 2.41. The van der Waals surface area contributed by atoms with E-state index >= 15 is 0 Å². The minimum Gasteiger partial charge on any atom is -0.465 e. The number of hydrogen-bond donors (Lipinski definition) is 1. The minimum absolute atomic E-state index is 0.133. The van der Waals surface area contributed by atoms with E-state index in [1.54, 1.807) is 6.20 Å². The Kier molecular flexibility index (Phi) is 4.81. The van der Waals surface area contributed by atoms with E-state index in [1.807, 2.05) is 24.6 Å². The Bertz CT molecular complexity index is 454. The van der Waals surface area contributed by atoms with Crippen molar-refractivity contribution in [1.82, 2.24) is 15.1 Å². The molecule has 0 aliphatic heterocycles. The first kappa shape index (κ1) is 15.0. The van der Waals surface area contributed by atoms with Gasteiger partial charge >= 0.3 is 5.97 Å². The molecule has 0 aromatic carbocycles. The number of carbonyl (C=O) groups excluding carboxylic acids is 1. The number of nitrogens with one attached hydrogen (secondary N) is 1. The number of aryl methyl sites for hydroxylation is 1. The summed E-state index contributed by atoms with van der Waals surface area (Å²) in [5.41, 5.74) is 0.445. The molecule has 20 heavy (non-hydrogen) atoms. The zero-order chi connectivity index (χ0) is 14.6. The van der Waals surface area contributed by atoms with Crippen LogP contribution in [-0.4, -0.2) is 34.4 Å². The summed E-state index contributed by atoms with van der Waals surface area (Å²) < 4.78 is 7.25. The van der Waals surface area contributed by atoms with E-state index in [0.29, 0.717) is 19.1 Å². The van der Waals surface area contributed by atoms with Crippen LogP contribution in [0.2, 0.25) is 0 Å². The molecule has 1 aromatic heterocycles. The van der Waals surface area contributed by atoms with Crippen molar-refractivity contribution in [1.29, 1.82) is 0 Å². The number of esters is 1. The van der Waals surface area contributed by atoms with Gasteiger partial charge in [-0.2, -0.15) is 5.10 Å². The quantitative estimate of drug-likeness (QED) is 0.738. The SMILES string of the molecule is CCCNC(Cn1nccc1C)(C(=O)OCC)C1CC1. The van der Waals surface area contributed by atoms with Gasteiger partial charge in [-0.05, 0) is 51.6 Å². The molecule has 0 spiro atoms. The minimum atomic E-state index is -0.622. The Hall–Kier alpha value is -1.36. The van der Waals surface area contributed by atoms with Crippen LogP contribution in [0.4, 0.5) is 0 Å². The van der Waals surface area contributed by atoms with Gasteiger partial charge in [-0.3, -0.25) is 4.68 Å². The molecular weight excluding hydrogens is 254 g/mol. The Labute approximate surface area is 120 Å². The van der Waals surface area contributed by atoms with Crippen LogP contribution in [0.3, 0.4) is 0 Å². The maximum absolute atomic E-state index is 12.6. The third-order valence-electron chi connectivity index (χ3n) is 3.93. The van der Waals surface area contributed by atoms with Gasteiger partial charge in [-0.25, -0.2) is 4.79 Å². The maximum Gasteiger partial charge on any atom is 0.328 e. The van der Waals surface area contributed by atoms with Gasteiger partial charge in [0, 0.05) is 11.9 Å². The molecule has 2 rings (SSSR count). The van der Waals surface area contributed by atoms with Gasteiger partial charge < -0.3 is 10.1 Å². The van der Waals surface area contributed by atoms with Crippen molar-refractivity contribution in [2.24, 2.45) is 5.92 Å². The Morgan fingerprint density at radius 3 is 2.80 bits per heavy atom. The lowest BCUT2D eigenvalue weighted by atomic mass is 9.92. The highest BCUT2D eigenvalue weighted by molar-refractivity contribution is 5.81. The van der Waals surface area contributed by atoms with Crippen LogP contribution < -0.4 is 5.32 Å². The summed E-state index contributed by atoms with van der Waals surface area (Å²) in [7, 11) is 0. The lowest BCUT2D eigenvalue weighted by molar-refractivity contribution is -0.153. The number of ether oxygens (including phenoxy) is 1. The summed E-state index contributed by atoms with van der Waals surface area (Å²) in [6, 6.07) is 1.96. The maximum atomic E-state index is 12.6. The van der Waals surface area contributed by atoms with Gasteiger partial charge in [0.25, 0.3) is 0 Å². The van der Waals surface area contributed by atoms with Gasteiger partial charge in [-0.1, -0.05) is 6.92 Å². The number of carbonyl (C=O) groups is 1. The zero-order valence-electron chi connectivity index (χ0n) is 12.7. The summed E-state index contributed by atoms with van der Waals surface area (Å²) >= 11 is 0. The second-order valence-corrected chi connectivity index (χ2v) is 5.52. The van der Waals surface area contributed by atoms with Crippen molar-refractivity contribution < 1.29 is 9.53 Å². The van der Waals surface area contributed by atoms with Crippen LogP contribution in [0, 0.1) is 12.8 Å². The molecule has 1 unspecified atom stereocenters. The third-order valence-corrected chi connectivity index (χ3v) is 3.93. The van der Waals surface area contributed by atoms with E-state index in [9.17, 15) is 4.79 Å². The van der Waals surface area contributed by atoms with Gasteiger partial charge in [0.2, 0.25) is 0 Å². The molecule has 5 heteroatoms. The molecule has 0 amide bonds. The molecule has 1 atom stereocenters. The molecule has 5 nitrogen and oxygen atoms in total. The predicted octanol–water partition coefficient (Wildman–Crippen LogP) is 1.90. The molecule has 0 radical (unpaired) electrons. The molecule has 1 aromatic rings. The van der Waals surface area contributed by atoms with Crippen LogP contribution in [0.5, 0.6) is 0 Å². The van der Waals surface area contributed by atoms with E-state index in [0.717, 1.165) is 31.5 Å². The first-order valence-corrected chi connectivity index (χ1v) is 7.54. The summed E-state index contributed by atoms with van der Waals surface area (Å²) in [5.74, 6) is 0.225. The van der Waals surface area contributed by atoms with Crippen molar-refractivity contribution >= 4 is 5.97 Å². The van der Waals surface area contributed by atoms with E-state index in [2.05, 4.69) is 17.3 Å². The predicted molar refractivity (Wildman–Crippen MR) is 77.3 cm³/mol. The first-order valence-electron chi connectivity index (χ1n) is 7.54. The van der Waals surface area contributed by atoms with Crippen molar-refractivity contribution in [2.75, 3.05) is 13.2 Å². The molecule has 1 N–H and O–H groups in total. The summed E-state index contributed by atoms with van der Waals surface area (Å²) in [4.78, 5) is 12.6. The van der Waals surface area contributed by atoms with Gasteiger partial charge in [0.05, 0.1) is 13.2 Å². The van der Waals surface area contributed by atoms with Crippen molar-refractivity contribution in [2.45, 2.75) is 52.1 Å². The number of aromatic nitrogens is 2. The molecular formula is C15H25N3O2. The molecule has 0 bridgehead atoms. The Morgan fingerprint density at radius 1 is 1.55 bits per heavy atom. The fraction of sp³-hybridized carbons (Fsp3) is 0.733. The first-order chi connectivity index (χ1) is 9.64. The van der Waals surface area contributed by atoms with Crippen LogP contribution in [-0.2, 0) is 16.1 Å². The van der Waals surface area contributed by atoms with Gasteiger partial charge in [0.1, 0.15) is 5.54 Å². The second-order valence-electron chi connectivity index (χ2n) is 5.52. The largest absolute Gasteiger partial charge is 0.465 e. The standard InChI is InChI=1S/C15H25N3O2/c1-4-9-16-15(13-6-7-13,14(19)20-5-2)11-18-12(3)8-10-17-18/h8,10,13,16H,4-7,9,11H2,1-3H3. The Balaban J connectivity index is 2.25. The molecule has 1 heterocycles. The van der Waals surface area contributed by atoms with Crippen LogP contribution in [0.15, 0.2) is 12.3 Å². The van der Waals surface area contributed by atoms with E-state index in [4.69, 9.17) is 4.74 Å². The third kappa shape index (κ3) is 3.03. The number of hydrogen-bond acceptors (Lipinski definition) is 4. The fourth-order valence-electron chi connectivity index (χ4n) is 2.62. The van der Waals surface area contributed by atoms with Gasteiger partial charge in [-0.15, -0.1) is 0 Å². The highest BCUT2D eigenvalue weighted by atomic mass is 16.5. The molecule has 0 saturated heterocycles. The highest BCUT2D eigenvalue weighted by Gasteiger charge is 2.52. The molecule has 1 aliphatic rings. The van der Waals surface area contributed by atoms with Crippen molar-refractivity contribution in [3.05, 3.63) is 18.0 Å². The molecule has 112 valence electrons.